The van der Waals surface area contributed by atoms with Crippen LogP contribution in [0.4, 0.5) is 11.4 Å². The molecular weight excluding hydrogens is 687 g/mol. The van der Waals surface area contributed by atoms with Gasteiger partial charge in [-0.25, -0.2) is 0 Å². The molecule has 0 saturated carbocycles. The van der Waals surface area contributed by atoms with E-state index in [4.69, 9.17) is 0 Å². The zero-order valence-electron chi connectivity index (χ0n) is 32.3. The molecule has 3 aliphatic rings. The maximum atomic E-state index is 2.54. The van der Waals surface area contributed by atoms with Crippen molar-refractivity contribution in [3.8, 4) is 22.3 Å². The Morgan fingerprint density at radius 3 is 1.40 bits per heavy atom. The largest absolute Gasteiger partial charge is 0.334 e. The number of hydrogen-bond donors (Lipinski definition) is 0. The van der Waals surface area contributed by atoms with Gasteiger partial charge in [0.2, 0.25) is 0 Å². The molecule has 7 aromatic rings. The van der Waals surface area contributed by atoms with Gasteiger partial charge in [0.15, 0.2) is 0 Å². The molecule has 0 heterocycles. The average molecular weight is 732 g/mol. The van der Waals surface area contributed by atoms with Crippen molar-refractivity contribution in [2.75, 3.05) is 4.90 Å². The number of rotatable bonds is 8. The van der Waals surface area contributed by atoms with Crippen LogP contribution in [0, 0.1) is 0 Å². The number of nitrogens with zero attached hydrogens (tertiary/aromatic N) is 1. The molecule has 2 atom stereocenters. The Morgan fingerprint density at radius 2 is 0.912 bits per heavy atom. The lowest BCUT2D eigenvalue weighted by Crippen LogP contribution is -2.34. The summed E-state index contributed by atoms with van der Waals surface area (Å²) < 4.78 is 0. The Labute approximate surface area is 337 Å². The third-order valence-corrected chi connectivity index (χ3v) is 12.6. The van der Waals surface area contributed by atoms with Crippen LogP contribution in [0.1, 0.15) is 42.0 Å². The van der Waals surface area contributed by atoms with Crippen LogP contribution in [-0.4, -0.2) is 6.04 Å². The van der Waals surface area contributed by atoms with Gasteiger partial charge in [0, 0.05) is 16.8 Å². The first-order valence-electron chi connectivity index (χ1n) is 20.3. The molecule has 0 bridgehead atoms. The fraction of sp³-hybridized carbons (Fsp3) is 0.107. The Morgan fingerprint density at radius 1 is 0.456 bits per heavy atom. The topological polar surface area (TPSA) is 3.24 Å². The van der Waals surface area contributed by atoms with E-state index in [0.717, 1.165) is 12.8 Å². The van der Waals surface area contributed by atoms with E-state index in [1.54, 1.807) is 0 Å². The highest BCUT2D eigenvalue weighted by Crippen LogP contribution is 2.62. The minimum Gasteiger partial charge on any atom is -0.334 e. The summed E-state index contributed by atoms with van der Waals surface area (Å²) in [5.74, 6) is 0. The van der Waals surface area contributed by atoms with Gasteiger partial charge in [0.25, 0.3) is 0 Å². The molecular formula is C56H45N. The van der Waals surface area contributed by atoms with Crippen LogP contribution in [0.25, 0.3) is 22.3 Å². The van der Waals surface area contributed by atoms with Crippen molar-refractivity contribution in [3.05, 3.63) is 263 Å². The van der Waals surface area contributed by atoms with Gasteiger partial charge < -0.3 is 4.90 Å². The summed E-state index contributed by atoms with van der Waals surface area (Å²) in [5.41, 5.74) is 16.3. The molecule has 0 fully saturated rings. The predicted molar refractivity (Wildman–Crippen MR) is 239 cm³/mol. The maximum Gasteiger partial charge on any atom is 0.0676 e. The highest BCUT2D eigenvalue weighted by atomic mass is 15.2. The lowest BCUT2D eigenvalue weighted by atomic mass is 9.62. The van der Waals surface area contributed by atoms with Gasteiger partial charge in [0.05, 0.1) is 11.5 Å². The van der Waals surface area contributed by atoms with E-state index in [9.17, 15) is 0 Å². The summed E-state index contributed by atoms with van der Waals surface area (Å²) in [6.45, 7) is 2.46. The summed E-state index contributed by atoms with van der Waals surface area (Å²) in [7, 11) is 0. The SMILES string of the molecule is CC12CC=C(C3=CCC(N(c4ccc(-c5ccccc5)cc4)c4ccc(-c5ccccc5)cc4)C=C3)C=C1C(c1ccccc1)(c1ccccc1)c1ccccc12. The molecule has 0 N–H and O–H groups in total. The van der Waals surface area contributed by atoms with Crippen LogP contribution in [0.3, 0.4) is 0 Å². The highest BCUT2D eigenvalue weighted by molar-refractivity contribution is 5.76. The Bertz CT molecular complexity index is 2530. The van der Waals surface area contributed by atoms with E-state index >= 15 is 0 Å². The number of benzene rings is 7. The smallest absolute Gasteiger partial charge is 0.0676 e. The lowest BCUT2D eigenvalue weighted by molar-refractivity contribution is 0.538. The molecule has 0 spiro atoms. The van der Waals surface area contributed by atoms with Crippen molar-refractivity contribution >= 4 is 11.4 Å². The Kier molecular flexibility index (Phi) is 8.80. The van der Waals surface area contributed by atoms with E-state index < -0.39 is 0 Å². The lowest BCUT2D eigenvalue weighted by Gasteiger charge is -2.40. The zero-order valence-corrected chi connectivity index (χ0v) is 32.3. The van der Waals surface area contributed by atoms with Crippen LogP contribution in [0.2, 0.25) is 0 Å². The van der Waals surface area contributed by atoms with Gasteiger partial charge in [-0.05, 0) is 98.3 Å². The molecule has 0 aliphatic heterocycles. The van der Waals surface area contributed by atoms with Gasteiger partial charge in [-0.2, -0.15) is 0 Å². The quantitative estimate of drug-likeness (QED) is 0.150. The molecule has 2 unspecified atom stereocenters. The number of allylic oxidation sites excluding steroid dienone is 6. The summed E-state index contributed by atoms with van der Waals surface area (Å²) >= 11 is 0. The zero-order chi connectivity index (χ0) is 38.2. The fourth-order valence-corrected chi connectivity index (χ4v) is 9.81. The van der Waals surface area contributed by atoms with Gasteiger partial charge in [0.1, 0.15) is 0 Å². The van der Waals surface area contributed by atoms with E-state index in [0.29, 0.717) is 0 Å². The van der Waals surface area contributed by atoms with Crippen LogP contribution in [0.5, 0.6) is 0 Å². The molecule has 274 valence electrons. The maximum absolute atomic E-state index is 2.54. The second-order valence-electron chi connectivity index (χ2n) is 15.8. The molecule has 57 heavy (non-hydrogen) atoms. The van der Waals surface area contributed by atoms with E-state index in [1.807, 2.05) is 0 Å². The van der Waals surface area contributed by atoms with Crippen molar-refractivity contribution in [3.63, 3.8) is 0 Å². The molecule has 0 aromatic heterocycles. The van der Waals surface area contributed by atoms with Crippen molar-refractivity contribution in [2.24, 2.45) is 0 Å². The molecule has 0 radical (unpaired) electrons. The summed E-state index contributed by atoms with van der Waals surface area (Å²) in [6, 6.07) is 71.1. The van der Waals surface area contributed by atoms with Gasteiger partial charge >= 0.3 is 0 Å². The summed E-state index contributed by atoms with van der Waals surface area (Å²) in [5, 5.41) is 0. The van der Waals surface area contributed by atoms with Crippen LogP contribution in [-0.2, 0) is 10.8 Å². The standard InChI is InChI=1S/C56H45N/c1-55-39-38-46(40-54(55)56(47-20-10-4-11-21-47,48-22-12-5-13-23-48)53-25-15-14-24-52(53)55)45-30-36-51(37-31-45)57(49-32-26-43(27-33-49)41-16-6-2-7-17-41)50-34-28-44(29-35-50)42-18-8-3-9-19-42/h2-36,38,40,51H,37,39H2,1H3. The average Bonchev–Trinajstić information content (AvgIpc) is 3.53. The highest BCUT2D eigenvalue weighted by Gasteiger charge is 2.56. The van der Waals surface area contributed by atoms with Gasteiger partial charge in [-0.3, -0.25) is 0 Å². The normalized spacial score (nSPS) is 19.1. The number of anilines is 2. The van der Waals surface area contributed by atoms with E-state index in [-0.39, 0.29) is 16.9 Å². The molecule has 1 nitrogen and oxygen atoms in total. The third-order valence-electron chi connectivity index (χ3n) is 12.6. The Balaban J connectivity index is 1.02. The van der Waals surface area contributed by atoms with Crippen LogP contribution >= 0.6 is 0 Å². The first-order valence-corrected chi connectivity index (χ1v) is 20.3. The van der Waals surface area contributed by atoms with E-state index in [1.165, 1.54) is 72.6 Å². The molecule has 3 aliphatic carbocycles. The van der Waals surface area contributed by atoms with Crippen LogP contribution in [0.15, 0.2) is 241 Å². The molecule has 0 saturated heterocycles. The molecule has 1 heteroatoms. The van der Waals surface area contributed by atoms with Crippen molar-refractivity contribution < 1.29 is 0 Å². The van der Waals surface area contributed by atoms with Gasteiger partial charge in [-0.15, -0.1) is 0 Å². The van der Waals surface area contributed by atoms with Crippen molar-refractivity contribution in [1.82, 2.24) is 0 Å². The minimum atomic E-state index is -0.385. The minimum absolute atomic E-state index is 0.123. The van der Waals surface area contributed by atoms with Crippen molar-refractivity contribution in [2.45, 2.75) is 36.6 Å². The number of fused-ring (bicyclic) bond motifs is 3. The first-order chi connectivity index (χ1) is 28.1. The molecule has 7 aromatic carbocycles. The van der Waals surface area contributed by atoms with Gasteiger partial charge in [-0.1, -0.05) is 207 Å². The predicted octanol–water partition coefficient (Wildman–Crippen LogP) is 14.0. The third kappa shape index (κ3) is 5.94. The van der Waals surface area contributed by atoms with Crippen LogP contribution < -0.4 is 4.90 Å². The molecule has 10 rings (SSSR count). The van der Waals surface area contributed by atoms with E-state index in [2.05, 4.69) is 236 Å². The van der Waals surface area contributed by atoms with Crippen molar-refractivity contribution in [1.29, 1.82) is 0 Å². The second-order valence-corrected chi connectivity index (χ2v) is 15.8. The number of hydrogen-bond acceptors (Lipinski definition) is 1. The summed E-state index contributed by atoms with van der Waals surface area (Å²) in [4.78, 5) is 2.50. The monoisotopic (exact) mass is 731 g/mol. The molecule has 0 amide bonds. The second kappa shape index (κ2) is 14.4. The Hall–Kier alpha value is -6.70. The first kappa shape index (κ1) is 34.8. The fourth-order valence-electron chi connectivity index (χ4n) is 9.81. The summed E-state index contributed by atoms with van der Waals surface area (Å²) in [6.07, 6.45) is 14.1.